The number of aliphatic hydroxyl groups is 1. The van der Waals surface area contributed by atoms with Crippen LogP contribution in [0.5, 0.6) is 0 Å². The van der Waals surface area contributed by atoms with Gasteiger partial charge in [0.2, 0.25) is 5.91 Å². The number of hydrogen-bond donors (Lipinski definition) is 3. The number of aromatic amines is 1. The molecule has 2 aliphatic rings. The summed E-state index contributed by atoms with van der Waals surface area (Å²) in [6.07, 6.45) is 2.10. The molecular formula is C23H21F3N2O2. The Kier molecular flexibility index (Phi) is 4.58. The number of rotatable bonds is 4. The van der Waals surface area contributed by atoms with E-state index in [0.29, 0.717) is 35.9 Å². The van der Waals surface area contributed by atoms with Crippen LogP contribution in [0.1, 0.15) is 37.2 Å². The third-order valence-corrected chi connectivity index (χ3v) is 6.48. The summed E-state index contributed by atoms with van der Waals surface area (Å²) in [4.78, 5) is 15.5. The Balaban J connectivity index is 1.46. The summed E-state index contributed by atoms with van der Waals surface area (Å²) in [5.74, 6) is -2.08. The van der Waals surface area contributed by atoms with E-state index in [1.165, 1.54) is 18.2 Å². The van der Waals surface area contributed by atoms with Crippen LogP contribution in [0.2, 0.25) is 0 Å². The van der Waals surface area contributed by atoms with E-state index in [4.69, 9.17) is 0 Å². The average molecular weight is 414 g/mol. The van der Waals surface area contributed by atoms with Crippen LogP contribution in [-0.4, -0.2) is 28.1 Å². The fraction of sp³-hybridized carbons (Fsp3) is 0.348. The zero-order valence-corrected chi connectivity index (χ0v) is 16.1. The Morgan fingerprint density at radius 1 is 1.03 bits per heavy atom. The van der Waals surface area contributed by atoms with Gasteiger partial charge in [0.25, 0.3) is 0 Å². The van der Waals surface area contributed by atoms with Gasteiger partial charge in [-0.2, -0.15) is 0 Å². The average Bonchev–Trinajstić information content (AvgIpc) is 3.04. The van der Waals surface area contributed by atoms with Crippen LogP contribution in [0, 0.1) is 23.4 Å². The Hall–Kier alpha value is -2.80. The van der Waals surface area contributed by atoms with Gasteiger partial charge in [0.15, 0.2) is 0 Å². The SMILES string of the molecule is O=C(N[C@H]1CC[C@H]1O)C1CC(c2c(-c3ccc(F)cc3)[nH]c3c(F)cc(F)cc23)C1. The van der Waals surface area contributed by atoms with Gasteiger partial charge < -0.3 is 15.4 Å². The lowest BCUT2D eigenvalue weighted by molar-refractivity contribution is -0.130. The number of nitrogens with one attached hydrogen (secondary N) is 2. The van der Waals surface area contributed by atoms with Gasteiger partial charge in [0, 0.05) is 17.4 Å². The number of amides is 1. The highest BCUT2D eigenvalue weighted by Gasteiger charge is 2.40. The molecule has 2 fully saturated rings. The lowest BCUT2D eigenvalue weighted by Gasteiger charge is -2.39. The first-order chi connectivity index (χ1) is 14.4. The van der Waals surface area contributed by atoms with E-state index in [2.05, 4.69) is 10.3 Å². The smallest absolute Gasteiger partial charge is 0.223 e. The van der Waals surface area contributed by atoms with Crippen LogP contribution in [0.25, 0.3) is 22.2 Å². The van der Waals surface area contributed by atoms with Crippen molar-refractivity contribution in [2.24, 2.45) is 5.92 Å². The first kappa shape index (κ1) is 19.2. The standard InChI is InChI=1S/C23H21F3N2O2/c24-14-3-1-11(2-4-14)21-20(16-9-15(25)10-17(26)22(16)28-21)12-7-13(8-12)23(30)27-18-5-6-19(18)29/h1-4,9-10,12-13,18-19,28-29H,5-8H2,(H,27,30)/t12?,13?,18-,19+/m0/s1. The van der Waals surface area contributed by atoms with Crippen molar-refractivity contribution in [2.75, 3.05) is 0 Å². The van der Waals surface area contributed by atoms with Crippen molar-refractivity contribution < 1.29 is 23.1 Å². The topological polar surface area (TPSA) is 65.1 Å². The van der Waals surface area contributed by atoms with Gasteiger partial charge in [0.05, 0.1) is 23.4 Å². The van der Waals surface area contributed by atoms with Crippen molar-refractivity contribution >= 4 is 16.8 Å². The number of fused-ring (bicyclic) bond motifs is 1. The Bertz CT molecular complexity index is 1120. The summed E-state index contributed by atoms with van der Waals surface area (Å²) >= 11 is 0. The number of halogens is 3. The lowest BCUT2D eigenvalue weighted by Crippen LogP contribution is -2.53. The third-order valence-electron chi connectivity index (χ3n) is 6.48. The zero-order chi connectivity index (χ0) is 21.0. The largest absolute Gasteiger partial charge is 0.391 e. The fourth-order valence-corrected chi connectivity index (χ4v) is 4.53. The molecule has 5 rings (SSSR count). The van der Waals surface area contributed by atoms with Gasteiger partial charge in [-0.15, -0.1) is 0 Å². The minimum atomic E-state index is -0.688. The molecule has 0 spiro atoms. The molecule has 0 radical (unpaired) electrons. The maximum Gasteiger partial charge on any atom is 0.223 e. The van der Waals surface area contributed by atoms with E-state index in [1.54, 1.807) is 12.1 Å². The molecule has 1 aromatic heterocycles. The number of hydrogen-bond acceptors (Lipinski definition) is 2. The molecule has 2 aliphatic carbocycles. The summed E-state index contributed by atoms with van der Waals surface area (Å²) in [6.45, 7) is 0. The van der Waals surface area contributed by atoms with Crippen LogP contribution in [0.4, 0.5) is 13.2 Å². The molecule has 0 unspecified atom stereocenters. The van der Waals surface area contributed by atoms with Crippen LogP contribution >= 0.6 is 0 Å². The van der Waals surface area contributed by atoms with Crippen LogP contribution < -0.4 is 5.32 Å². The van der Waals surface area contributed by atoms with Gasteiger partial charge in [-0.25, -0.2) is 13.2 Å². The molecule has 0 aliphatic heterocycles. The summed E-state index contributed by atoms with van der Waals surface area (Å²) in [5.41, 5.74) is 2.25. The Morgan fingerprint density at radius 3 is 2.40 bits per heavy atom. The molecular weight excluding hydrogens is 393 g/mol. The molecule has 3 N–H and O–H groups in total. The molecule has 0 saturated heterocycles. The lowest BCUT2D eigenvalue weighted by atomic mass is 9.69. The summed E-state index contributed by atoms with van der Waals surface area (Å²) < 4.78 is 41.8. The molecule has 2 atom stereocenters. The monoisotopic (exact) mass is 414 g/mol. The molecule has 30 heavy (non-hydrogen) atoms. The minimum absolute atomic E-state index is 0.0536. The molecule has 7 heteroatoms. The van der Waals surface area contributed by atoms with E-state index in [1.807, 2.05) is 0 Å². The molecule has 3 aromatic rings. The molecule has 0 bridgehead atoms. The minimum Gasteiger partial charge on any atom is -0.391 e. The van der Waals surface area contributed by atoms with E-state index in [9.17, 15) is 23.1 Å². The quantitative estimate of drug-likeness (QED) is 0.593. The summed E-state index contributed by atoms with van der Waals surface area (Å²) in [5, 5.41) is 13.0. The van der Waals surface area contributed by atoms with E-state index < -0.39 is 17.7 Å². The second-order valence-electron chi connectivity index (χ2n) is 8.36. The zero-order valence-electron chi connectivity index (χ0n) is 16.1. The highest BCUT2D eigenvalue weighted by atomic mass is 19.1. The predicted octanol–water partition coefficient (Wildman–Crippen LogP) is 4.39. The predicted molar refractivity (Wildman–Crippen MR) is 106 cm³/mol. The van der Waals surface area contributed by atoms with Crippen LogP contribution in [-0.2, 0) is 4.79 Å². The molecule has 4 nitrogen and oxygen atoms in total. The van der Waals surface area contributed by atoms with Crippen molar-refractivity contribution in [3.63, 3.8) is 0 Å². The van der Waals surface area contributed by atoms with E-state index in [0.717, 1.165) is 18.1 Å². The highest BCUT2D eigenvalue weighted by Crippen LogP contribution is 2.48. The second kappa shape index (κ2) is 7.16. The van der Waals surface area contributed by atoms with Crippen LogP contribution in [0.3, 0.4) is 0 Å². The van der Waals surface area contributed by atoms with Gasteiger partial charge >= 0.3 is 0 Å². The maximum atomic E-state index is 14.4. The normalized spacial score (nSPS) is 25.6. The Labute approximate surface area is 171 Å². The maximum absolute atomic E-state index is 14.4. The van der Waals surface area contributed by atoms with E-state index >= 15 is 0 Å². The fourth-order valence-electron chi connectivity index (χ4n) is 4.53. The van der Waals surface area contributed by atoms with Crippen molar-refractivity contribution in [1.29, 1.82) is 0 Å². The molecule has 1 amide bonds. The molecule has 1 heterocycles. The number of benzene rings is 2. The number of aromatic nitrogens is 1. The number of H-pyrrole nitrogens is 1. The highest BCUT2D eigenvalue weighted by molar-refractivity contribution is 5.92. The Morgan fingerprint density at radius 2 is 1.77 bits per heavy atom. The first-order valence-electron chi connectivity index (χ1n) is 10.2. The van der Waals surface area contributed by atoms with E-state index in [-0.39, 0.29) is 35.1 Å². The molecule has 2 aromatic carbocycles. The van der Waals surface area contributed by atoms with Gasteiger partial charge in [-0.3, -0.25) is 4.79 Å². The van der Waals surface area contributed by atoms with Gasteiger partial charge in [0.1, 0.15) is 17.5 Å². The molecule has 156 valence electrons. The summed E-state index contributed by atoms with van der Waals surface area (Å²) in [7, 11) is 0. The van der Waals surface area contributed by atoms with Crippen molar-refractivity contribution in [3.8, 4) is 11.3 Å². The van der Waals surface area contributed by atoms with Crippen molar-refractivity contribution in [3.05, 3.63) is 59.4 Å². The number of aliphatic hydroxyl groups excluding tert-OH is 1. The number of carbonyl (C=O) groups excluding carboxylic acids is 1. The molecule has 2 saturated carbocycles. The third kappa shape index (κ3) is 3.17. The van der Waals surface area contributed by atoms with Gasteiger partial charge in [-0.05, 0) is 73.1 Å². The van der Waals surface area contributed by atoms with Crippen molar-refractivity contribution in [2.45, 2.75) is 43.7 Å². The summed E-state index contributed by atoms with van der Waals surface area (Å²) in [6, 6.07) is 7.79. The van der Waals surface area contributed by atoms with Gasteiger partial charge in [-0.1, -0.05) is 0 Å². The first-order valence-corrected chi connectivity index (χ1v) is 10.2. The second-order valence-corrected chi connectivity index (χ2v) is 8.36. The van der Waals surface area contributed by atoms with Crippen molar-refractivity contribution in [1.82, 2.24) is 10.3 Å². The number of carbonyl (C=O) groups is 1. The van der Waals surface area contributed by atoms with Crippen LogP contribution in [0.15, 0.2) is 36.4 Å².